The number of hydrogen-bond donors (Lipinski definition) is 2. The molecule has 232 valence electrons. The fourth-order valence-electron chi connectivity index (χ4n) is 4.96. The number of aromatic nitrogens is 1. The molecule has 0 aliphatic carbocycles. The number of amides is 1. The lowest BCUT2D eigenvalue weighted by Crippen LogP contribution is -2.40. The number of carboxylic acid groups (broad SMARTS) is 1. The summed E-state index contributed by atoms with van der Waals surface area (Å²) >= 11 is 1.18. The second-order valence-corrected chi connectivity index (χ2v) is 10.8. The zero-order chi connectivity index (χ0) is 32.1. The molecule has 1 amide bonds. The molecule has 12 heteroatoms. The van der Waals surface area contributed by atoms with Crippen molar-refractivity contribution in [3.63, 3.8) is 0 Å². The van der Waals surface area contributed by atoms with E-state index in [2.05, 4.69) is 5.32 Å². The molecular weight excluding hydrogens is 598 g/mol. The minimum Gasteiger partial charge on any atom is -0.497 e. The van der Waals surface area contributed by atoms with Crippen LogP contribution in [0.25, 0.3) is 6.08 Å². The summed E-state index contributed by atoms with van der Waals surface area (Å²) < 4.78 is 24.0. The maximum atomic E-state index is 14.2. The number of nitrogens with zero attached hydrogens (tertiary/aromatic N) is 2. The van der Waals surface area contributed by atoms with Crippen LogP contribution in [-0.4, -0.2) is 49.0 Å². The Morgan fingerprint density at radius 3 is 2.47 bits per heavy atom. The zero-order valence-corrected chi connectivity index (χ0v) is 25.8. The summed E-state index contributed by atoms with van der Waals surface area (Å²) in [7, 11) is 3.06. The second kappa shape index (κ2) is 13.5. The lowest BCUT2D eigenvalue weighted by Gasteiger charge is -2.26. The molecule has 45 heavy (non-hydrogen) atoms. The van der Waals surface area contributed by atoms with Gasteiger partial charge in [-0.15, -0.1) is 0 Å². The summed E-state index contributed by atoms with van der Waals surface area (Å²) in [5, 5.41) is 11.9. The van der Waals surface area contributed by atoms with E-state index in [1.54, 1.807) is 75.6 Å². The number of para-hydroxylation sites is 1. The van der Waals surface area contributed by atoms with Crippen molar-refractivity contribution in [1.29, 1.82) is 0 Å². The number of rotatable bonds is 11. The maximum Gasteiger partial charge on any atom is 0.341 e. The average molecular weight is 630 g/mol. The van der Waals surface area contributed by atoms with Crippen molar-refractivity contribution >= 4 is 35.0 Å². The minimum atomic E-state index is -1.11. The first kappa shape index (κ1) is 31.1. The van der Waals surface area contributed by atoms with E-state index in [-0.39, 0.29) is 11.3 Å². The van der Waals surface area contributed by atoms with Gasteiger partial charge in [0.05, 0.1) is 36.6 Å². The van der Waals surface area contributed by atoms with Gasteiger partial charge in [-0.1, -0.05) is 35.6 Å². The summed E-state index contributed by atoms with van der Waals surface area (Å²) in [6, 6.07) is 18.4. The van der Waals surface area contributed by atoms with Gasteiger partial charge in [0, 0.05) is 17.3 Å². The number of hydrogen-bond acceptors (Lipinski definition) is 9. The highest BCUT2D eigenvalue weighted by atomic mass is 32.1. The van der Waals surface area contributed by atoms with Crippen LogP contribution in [-0.2, 0) is 9.59 Å². The van der Waals surface area contributed by atoms with Crippen LogP contribution in [0.2, 0.25) is 0 Å². The van der Waals surface area contributed by atoms with Gasteiger partial charge in [0.25, 0.3) is 11.5 Å². The number of allylic oxidation sites excluding steroid dienone is 1. The van der Waals surface area contributed by atoms with Gasteiger partial charge in [-0.25, -0.2) is 9.79 Å². The van der Waals surface area contributed by atoms with Crippen LogP contribution < -0.4 is 39.2 Å². The van der Waals surface area contributed by atoms with Crippen LogP contribution >= 0.6 is 11.3 Å². The van der Waals surface area contributed by atoms with Crippen LogP contribution in [0, 0.1) is 0 Å². The van der Waals surface area contributed by atoms with Gasteiger partial charge in [-0.2, -0.15) is 0 Å². The van der Waals surface area contributed by atoms with Crippen molar-refractivity contribution in [1.82, 2.24) is 4.57 Å². The van der Waals surface area contributed by atoms with Crippen LogP contribution in [0.4, 0.5) is 5.69 Å². The third kappa shape index (κ3) is 6.60. The first-order valence-corrected chi connectivity index (χ1v) is 14.8. The monoisotopic (exact) mass is 629 g/mol. The Kier molecular flexibility index (Phi) is 9.33. The van der Waals surface area contributed by atoms with E-state index >= 15 is 0 Å². The number of anilines is 1. The molecule has 11 nitrogen and oxygen atoms in total. The molecule has 4 aromatic rings. The molecule has 1 aliphatic rings. The highest BCUT2D eigenvalue weighted by molar-refractivity contribution is 7.07. The molecule has 0 unspecified atom stereocenters. The van der Waals surface area contributed by atoms with Crippen molar-refractivity contribution in [3.05, 3.63) is 109 Å². The van der Waals surface area contributed by atoms with Crippen LogP contribution in [0.3, 0.4) is 0 Å². The summed E-state index contributed by atoms with van der Waals surface area (Å²) in [5.41, 5.74) is 2.20. The Morgan fingerprint density at radius 1 is 1.00 bits per heavy atom. The summed E-state index contributed by atoms with van der Waals surface area (Å²) in [4.78, 5) is 44.1. The molecule has 0 bridgehead atoms. The van der Waals surface area contributed by atoms with Gasteiger partial charge >= 0.3 is 5.97 Å². The van der Waals surface area contributed by atoms with Gasteiger partial charge in [0.2, 0.25) is 0 Å². The molecular formula is C33H31N3O8S. The number of carbonyl (C=O) groups excluding carboxylic acids is 1. The molecule has 0 saturated carbocycles. The number of carbonyl (C=O) groups is 2. The number of ether oxygens (including phenoxy) is 4. The quantitative estimate of drug-likeness (QED) is 0.256. The Balaban J connectivity index is 1.66. The van der Waals surface area contributed by atoms with Gasteiger partial charge in [0.15, 0.2) is 22.9 Å². The fourth-order valence-corrected chi connectivity index (χ4v) is 6.01. The molecule has 1 aliphatic heterocycles. The smallest absolute Gasteiger partial charge is 0.341 e. The number of methoxy groups -OCH3 is 2. The fraction of sp³-hybridized carbons (Fsp3) is 0.212. The first-order chi connectivity index (χ1) is 21.7. The summed E-state index contributed by atoms with van der Waals surface area (Å²) in [6.45, 7) is 3.34. The summed E-state index contributed by atoms with van der Waals surface area (Å²) in [6.07, 6.45) is 1.69. The van der Waals surface area contributed by atoms with E-state index in [4.69, 9.17) is 29.0 Å². The Morgan fingerprint density at radius 2 is 1.78 bits per heavy atom. The van der Waals surface area contributed by atoms with Crippen LogP contribution in [0.15, 0.2) is 87.8 Å². The Hall–Kier alpha value is -5.36. The molecule has 2 N–H and O–H groups in total. The molecule has 1 atom stereocenters. The Labute approximate surface area is 262 Å². The number of thiazole rings is 1. The second-order valence-electron chi connectivity index (χ2n) is 9.83. The van der Waals surface area contributed by atoms with E-state index in [0.29, 0.717) is 61.3 Å². The lowest BCUT2D eigenvalue weighted by molar-refractivity contribution is -0.139. The average Bonchev–Trinajstić information content (AvgIpc) is 3.33. The number of benzene rings is 3. The van der Waals surface area contributed by atoms with Crippen molar-refractivity contribution in [2.45, 2.75) is 19.9 Å². The van der Waals surface area contributed by atoms with E-state index in [1.807, 2.05) is 18.2 Å². The topological polar surface area (TPSA) is 138 Å². The van der Waals surface area contributed by atoms with E-state index in [9.17, 15) is 14.4 Å². The molecule has 0 saturated heterocycles. The van der Waals surface area contributed by atoms with Crippen LogP contribution in [0.1, 0.15) is 31.0 Å². The maximum absolute atomic E-state index is 14.2. The van der Waals surface area contributed by atoms with Crippen molar-refractivity contribution in [3.8, 4) is 23.0 Å². The molecule has 0 spiro atoms. The first-order valence-electron chi connectivity index (χ1n) is 14.0. The van der Waals surface area contributed by atoms with Gasteiger partial charge in [-0.05, 0) is 61.9 Å². The predicted octanol–water partition coefficient (Wildman–Crippen LogP) is 3.75. The number of carboxylic acids is 1. The third-order valence-corrected chi connectivity index (χ3v) is 7.93. The number of nitrogens with one attached hydrogen (secondary N) is 1. The SMILES string of the molecule is CCOc1cc(/C=c2\sc3n(c2=O)[C@H](c2ccc(OC)cc2OC)C(C(=O)Nc2ccccc2)=C(C)N=3)ccc1OCC(=O)O. The zero-order valence-electron chi connectivity index (χ0n) is 25.0. The Bertz CT molecular complexity index is 1960. The standard InChI is InChI=1S/C33H31N3O8S/c1-5-43-26-15-20(11-14-24(26)44-18-28(37)38)16-27-32(40)36-30(23-13-12-22(41-3)17-25(23)42-4)29(19(2)34-33(36)45-27)31(39)35-21-9-7-6-8-10-21/h6-17,30H,5,18H2,1-4H3,(H,35,39)(H,37,38)/b27-16-/t30-/m1/s1. The van der Waals surface area contributed by atoms with Crippen molar-refractivity contribution in [2.24, 2.45) is 4.99 Å². The molecule has 3 aromatic carbocycles. The largest absolute Gasteiger partial charge is 0.497 e. The molecule has 0 radical (unpaired) electrons. The van der Waals surface area contributed by atoms with Crippen molar-refractivity contribution in [2.75, 3.05) is 32.8 Å². The third-order valence-electron chi connectivity index (χ3n) is 6.95. The number of aliphatic carboxylic acids is 1. The number of fused-ring (bicyclic) bond motifs is 1. The molecule has 0 fully saturated rings. The molecule has 1 aromatic heterocycles. The van der Waals surface area contributed by atoms with E-state index in [1.165, 1.54) is 23.0 Å². The van der Waals surface area contributed by atoms with Gasteiger partial charge < -0.3 is 29.4 Å². The van der Waals surface area contributed by atoms with Gasteiger partial charge in [-0.3, -0.25) is 14.2 Å². The molecule has 5 rings (SSSR count). The highest BCUT2D eigenvalue weighted by Crippen LogP contribution is 2.37. The van der Waals surface area contributed by atoms with Crippen LogP contribution in [0.5, 0.6) is 23.0 Å². The summed E-state index contributed by atoms with van der Waals surface area (Å²) in [5.74, 6) is 0.0912. The van der Waals surface area contributed by atoms with E-state index < -0.39 is 24.5 Å². The van der Waals surface area contributed by atoms with Gasteiger partial charge in [0.1, 0.15) is 17.5 Å². The van der Waals surface area contributed by atoms with Crippen molar-refractivity contribution < 1.29 is 33.6 Å². The van der Waals surface area contributed by atoms with E-state index in [0.717, 1.165) is 0 Å². The highest BCUT2D eigenvalue weighted by Gasteiger charge is 2.34. The molecule has 2 heterocycles. The normalized spacial score (nSPS) is 14.3. The lowest BCUT2D eigenvalue weighted by atomic mass is 9.94. The predicted molar refractivity (Wildman–Crippen MR) is 169 cm³/mol. The minimum absolute atomic E-state index is 0.272.